The molecule has 1 amide bonds. The van der Waals surface area contributed by atoms with E-state index in [4.69, 9.17) is 5.73 Å². The average Bonchev–Trinajstić information content (AvgIpc) is 2.98. The molecule has 0 aromatic heterocycles. The summed E-state index contributed by atoms with van der Waals surface area (Å²) < 4.78 is 27.6. The van der Waals surface area contributed by atoms with E-state index < -0.39 is 11.6 Å². The highest BCUT2D eigenvalue weighted by atomic mass is 19.1. The van der Waals surface area contributed by atoms with Crippen molar-refractivity contribution < 1.29 is 13.6 Å². The number of rotatable bonds is 4. The molecule has 3 atom stereocenters. The van der Waals surface area contributed by atoms with E-state index in [0.717, 1.165) is 38.6 Å². The lowest BCUT2D eigenvalue weighted by molar-refractivity contribution is -0.126. The van der Waals surface area contributed by atoms with E-state index in [9.17, 15) is 13.6 Å². The predicted octanol–water partition coefficient (Wildman–Crippen LogP) is 2.17. The van der Waals surface area contributed by atoms with Crippen LogP contribution in [-0.2, 0) is 11.3 Å². The van der Waals surface area contributed by atoms with E-state index in [1.807, 2.05) is 4.90 Å². The highest BCUT2D eigenvalue weighted by molar-refractivity contribution is 5.80. The number of piperidine rings is 1. The highest BCUT2D eigenvalue weighted by Crippen LogP contribution is 2.25. The maximum atomic E-state index is 13.8. The summed E-state index contributed by atoms with van der Waals surface area (Å²) in [5.74, 6) is -1.09. The average molecular weight is 337 g/mol. The summed E-state index contributed by atoms with van der Waals surface area (Å²) in [6.45, 7) is 1.62. The zero-order valence-electron chi connectivity index (χ0n) is 13.8. The van der Waals surface area contributed by atoms with Gasteiger partial charge in [0.15, 0.2) is 0 Å². The van der Waals surface area contributed by atoms with Gasteiger partial charge in [0.25, 0.3) is 0 Å². The molecule has 1 aromatic carbocycles. The van der Waals surface area contributed by atoms with Gasteiger partial charge in [-0.25, -0.2) is 8.78 Å². The third-order valence-electron chi connectivity index (χ3n) is 5.20. The van der Waals surface area contributed by atoms with Gasteiger partial charge in [0, 0.05) is 30.7 Å². The van der Waals surface area contributed by atoms with Crippen LogP contribution in [-0.4, -0.2) is 36.0 Å². The Morgan fingerprint density at radius 2 is 1.96 bits per heavy atom. The molecule has 2 fully saturated rings. The molecule has 4 nitrogen and oxygen atoms in total. The highest BCUT2D eigenvalue weighted by Gasteiger charge is 2.32. The Labute approximate surface area is 141 Å². The lowest BCUT2D eigenvalue weighted by Gasteiger charge is -2.34. The van der Waals surface area contributed by atoms with Crippen molar-refractivity contribution in [2.45, 2.75) is 50.7 Å². The SMILES string of the molecule is N[C@@H]1CCC[C@@H]1C(=O)N[C@H]1CCCN(Cc2c(F)cccc2F)C1. The summed E-state index contributed by atoms with van der Waals surface area (Å²) in [6, 6.07) is 3.91. The van der Waals surface area contributed by atoms with Crippen LogP contribution in [0.3, 0.4) is 0 Å². The summed E-state index contributed by atoms with van der Waals surface area (Å²) in [5, 5.41) is 3.09. The molecule has 1 aromatic rings. The van der Waals surface area contributed by atoms with E-state index in [0.29, 0.717) is 6.54 Å². The van der Waals surface area contributed by atoms with Gasteiger partial charge in [-0.05, 0) is 44.4 Å². The topological polar surface area (TPSA) is 58.4 Å². The molecule has 0 bridgehead atoms. The van der Waals surface area contributed by atoms with Crippen molar-refractivity contribution in [3.63, 3.8) is 0 Å². The van der Waals surface area contributed by atoms with Gasteiger partial charge in [0.1, 0.15) is 11.6 Å². The molecule has 1 saturated carbocycles. The van der Waals surface area contributed by atoms with Gasteiger partial charge in [-0.15, -0.1) is 0 Å². The molecule has 2 aliphatic rings. The normalized spacial score (nSPS) is 28.0. The van der Waals surface area contributed by atoms with Crippen LogP contribution in [0.1, 0.15) is 37.7 Å². The molecule has 6 heteroatoms. The van der Waals surface area contributed by atoms with Gasteiger partial charge in [0.2, 0.25) is 5.91 Å². The maximum Gasteiger partial charge on any atom is 0.224 e. The van der Waals surface area contributed by atoms with E-state index in [1.54, 1.807) is 0 Å². The van der Waals surface area contributed by atoms with Crippen LogP contribution >= 0.6 is 0 Å². The summed E-state index contributed by atoms with van der Waals surface area (Å²) >= 11 is 0. The smallest absolute Gasteiger partial charge is 0.224 e. The Morgan fingerprint density at radius 1 is 1.21 bits per heavy atom. The molecular formula is C18H25F2N3O. The van der Waals surface area contributed by atoms with Crippen molar-refractivity contribution in [2.75, 3.05) is 13.1 Å². The number of hydrogen-bond acceptors (Lipinski definition) is 3. The Bertz CT molecular complexity index is 575. The fourth-order valence-electron chi connectivity index (χ4n) is 3.85. The molecule has 132 valence electrons. The largest absolute Gasteiger partial charge is 0.352 e. The van der Waals surface area contributed by atoms with Crippen molar-refractivity contribution >= 4 is 5.91 Å². The Kier molecular flexibility index (Phi) is 5.46. The molecule has 1 aliphatic heterocycles. The summed E-state index contributed by atoms with van der Waals surface area (Å²) in [5.41, 5.74) is 6.09. The van der Waals surface area contributed by atoms with Crippen LogP contribution in [0.15, 0.2) is 18.2 Å². The van der Waals surface area contributed by atoms with Gasteiger partial charge in [-0.2, -0.15) is 0 Å². The first kappa shape index (κ1) is 17.3. The monoisotopic (exact) mass is 337 g/mol. The minimum absolute atomic E-state index is 0.0221. The molecule has 3 N–H and O–H groups in total. The minimum Gasteiger partial charge on any atom is -0.352 e. The van der Waals surface area contributed by atoms with Crippen LogP contribution in [0.4, 0.5) is 8.78 Å². The number of hydrogen-bond donors (Lipinski definition) is 2. The van der Waals surface area contributed by atoms with Crippen molar-refractivity contribution in [1.82, 2.24) is 10.2 Å². The predicted molar refractivity (Wildman–Crippen MR) is 88.1 cm³/mol. The van der Waals surface area contributed by atoms with E-state index in [1.165, 1.54) is 18.2 Å². The number of carbonyl (C=O) groups excluding carboxylic acids is 1. The number of nitrogens with zero attached hydrogens (tertiary/aromatic N) is 1. The summed E-state index contributed by atoms with van der Waals surface area (Å²) in [4.78, 5) is 14.4. The van der Waals surface area contributed by atoms with Gasteiger partial charge in [0.05, 0.1) is 5.92 Å². The number of likely N-dealkylation sites (tertiary alicyclic amines) is 1. The van der Waals surface area contributed by atoms with Gasteiger partial charge in [-0.1, -0.05) is 12.5 Å². The number of halogens is 2. The Balaban J connectivity index is 1.57. The second-order valence-corrected chi connectivity index (χ2v) is 6.98. The molecule has 3 rings (SSSR count). The number of nitrogens with two attached hydrogens (primary N) is 1. The van der Waals surface area contributed by atoms with Gasteiger partial charge in [-0.3, -0.25) is 9.69 Å². The fraction of sp³-hybridized carbons (Fsp3) is 0.611. The molecule has 24 heavy (non-hydrogen) atoms. The van der Waals surface area contributed by atoms with Gasteiger partial charge >= 0.3 is 0 Å². The zero-order valence-corrected chi connectivity index (χ0v) is 13.8. The molecule has 1 heterocycles. The molecule has 0 unspecified atom stereocenters. The molecule has 1 saturated heterocycles. The quantitative estimate of drug-likeness (QED) is 0.885. The zero-order chi connectivity index (χ0) is 17.1. The van der Waals surface area contributed by atoms with E-state index >= 15 is 0 Å². The van der Waals surface area contributed by atoms with Crippen LogP contribution in [0.2, 0.25) is 0 Å². The minimum atomic E-state index is -0.516. The van der Waals surface area contributed by atoms with Crippen LogP contribution in [0.25, 0.3) is 0 Å². The Morgan fingerprint density at radius 3 is 2.62 bits per heavy atom. The molecule has 1 aliphatic carbocycles. The first-order valence-electron chi connectivity index (χ1n) is 8.76. The van der Waals surface area contributed by atoms with Crippen molar-refractivity contribution in [3.8, 4) is 0 Å². The molecule has 0 radical (unpaired) electrons. The standard InChI is InChI=1S/C18H25F2N3O/c19-15-6-2-7-16(20)14(15)11-23-9-3-4-12(10-23)22-18(24)13-5-1-8-17(13)21/h2,6-7,12-13,17H,1,3-5,8-11,21H2,(H,22,24)/t12-,13-,17+/m0/s1. The third-order valence-corrected chi connectivity index (χ3v) is 5.20. The maximum absolute atomic E-state index is 13.8. The number of nitrogens with one attached hydrogen (secondary N) is 1. The number of amides is 1. The van der Waals surface area contributed by atoms with Crippen LogP contribution in [0, 0.1) is 17.6 Å². The van der Waals surface area contributed by atoms with Crippen LogP contribution in [0.5, 0.6) is 0 Å². The van der Waals surface area contributed by atoms with Crippen molar-refractivity contribution in [3.05, 3.63) is 35.4 Å². The summed E-state index contributed by atoms with van der Waals surface area (Å²) in [7, 11) is 0. The van der Waals surface area contributed by atoms with Crippen molar-refractivity contribution in [1.29, 1.82) is 0 Å². The van der Waals surface area contributed by atoms with E-state index in [2.05, 4.69) is 5.32 Å². The van der Waals surface area contributed by atoms with Crippen LogP contribution < -0.4 is 11.1 Å². The fourth-order valence-corrected chi connectivity index (χ4v) is 3.85. The molecular weight excluding hydrogens is 312 g/mol. The lowest BCUT2D eigenvalue weighted by Crippen LogP contribution is -2.50. The van der Waals surface area contributed by atoms with Crippen molar-refractivity contribution in [2.24, 2.45) is 11.7 Å². The Hall–Kier alpha value is -1.53. The second kappa shape index (κ2) is 7.57. The summed E-state index contributed by atoms with van der Waals surface area (Å²) in [6.07, 6.45) is 4.55. The molecule has 0 spiro atoms. The van der Waals surface area contributed by atoms with Gasteiger partial charge < -0.3 is 11.1 Å². The van der Waals surface area contributed by atoms with E-state index in [-0.39, 0.29) is 36.0 Å². The lowest BCUT2D eigenvalue weighted by atomic mass is 10.0. The second-order valence-electron chi connectivity index (χ2n) is 6.98. The number of carbonyl (C=O) groups is 1. The third kappa shape index (κ3) is 3.92. The first-order chi connectivity index (χ1) is 11.5. The number of benzene rings is 1. The first-order valence-corrected chi connectivity index (χ1v) is 8.76.